The Morgan fingerprint density at radius 2 is 2.57 bits per heavy atom. The Kier molecular flexibility index (Phi) is 3.55. The molecule has 78 valence electrons. The van der Waals surface area contributed by atoms with Crippen molar-refractivity contribution in [3.05, 3.63) is 6.33 Å². The summed E-state index contributed by atoms with van der Waals surface area (Å²) >= 11 is 0. The molecule has 0 saturated heterocycles. The lowest BCUT2D eigenvalue weighted by Crippen LogP contribution is -2.36. The number of carbonyl (C=O) groups is 1. The molecular formula is C7H13N5O2. The first-order valence-corrected chi connectivity index (χ1v) is 4.06. The first kappa shape index (κ1) is 10.6. The highest BCUT2D eigenvalue weighted by Crippen LogP contribution is 1.99. The summed E-state index contributed by atoms with van der Waals surface area (Å²) in [5, 5.41) is 6.34. The number of carbonyl (C=O) groups excluding carboxylic acids is 1. The van der Waals surface area contributed by atoms with Gasteiger partial charge in [-0.2, -0.15) is 10.1 Å². The van der Waals surface area contributed by atoms with Crippen LogP contribution >= 0.6 is 0 Å². The zero-order chi connectivity index (χ0) is 10.6. The summed E-state index contributed by atoms with van der Waals surface area (Å²) in [7, 11) is 3.10. The highest BCUT2D eigenvalue weighted by molar-refractivity contribution is 5.92. The van der Waals surface area contributed by atoms with E-state index in [9.17, 15) is 4.79 Å². The SMILES string of the molecule is COC(CN)C(=O)Nc1ncnn1C. The van der Waals surface area contributed by atoms with Crippen LogP contribution in [0.2, 0.25) is 0 Å². The summed E-state index contributed by atoms with van der Waals surface area (Å²) in [6.07, 6.45) is 0.687. The molecule has 1 aromatic heterocycles. The van der Waals surface area contributed by atoms with Crippen LogP contribution < -0.4 is 11.1 Å². The molecule has 1 rings (SSSR count). The van der Waals surface area contributed by atoms with E-state index in [4.69, 9.17) is 10.5 Å². The summed E-state index contributed by atoms with van der Waals surface area (Å²) in [6.45, 7) is 0.125. The molecule has 0 fully saturated rings. The Bertz CT molecular complexity index is 307. The van der Waals surface area contributed by atoms with Gasteiger partial charge in [0.25, 0.3) is 5.91 Å². The van der Waals surface area contributed by atoms with Gasteiger partial charge < -0.3 is 10.5 Å². The fraction of sp³-hybridized carbons (Fsp3) is 0.571. The van der Waals surface area contributed by atoms with E-state index in [1.807, 2.05) is 0 Å². The van der Waals surface area contributed by atoms with Crippen LogP contribution in [0.15, 0.2) is 6.33 Å². The van der Waals surface area contributed by atoms with E-state index < -0.39 is 6.10 Å². The molecule has 0 aromatic carbocycles. The molecule has 1 aromatic rings. The number of aryl methyl sites for hydroxylation is 1. The third-order valence-electron chi connectivity index (χ3n) is 1.74. The van der Waals surface area contributed by atoms with Gasteiger partial charge >= 0.3 is 0 Å². The zero-order valence-electron chi connectivity index (χ0n) is 8.10. The first-order chi connectivity index (χ1) is 6.69. The Morgan fingerprint density at radius 1 is 1.86 bits per heavy atom. The van der Waals surface area contributed by atoms with Gasteiger partial charge in [0, 0.05) is 20.7 Å². The number of hydrogen-bond acceptors (Lipinski definition) is 5. The fourth-order valence-corrected chi connectivity index (χ4v) is 0.910. The van der Waals surface area contributed by atoms with Gasteiger partial charge in [0.05, 0.1) is 0 Å². The average Bonchev–Trinajstić information content (AvgIpc) is 2.54. The fourth-order valence-electron chi connectivity index (χ4n) is 0.910. The van der Waals surface area contributed by atoms with Crippen molar-refractivity contribution in [2.45, 2.75) is 6.10 Å². The normalized spacial score (nSPS) is 12.5. The van der Waals surface area contributed by atoms with E-state index in [-0.39, 0.29) is 12.5 Å². The second-order valence-electron chi connectivity index (χ2n) is 2.66. The lowest BCUT2D eigenvalue weighted by molar-refractivity contribution is -0.125. The molecule has 1 unspecified atom stereocenters. The van der Waals surface area contributed by atoms with Crippen molar-refractivity contribution in [1.29, 1.82) is 0 Å². The zero-order valence-corrected chi connectivity index (χ0v) is 8.10. The van der Waals surface area contributed by atoms with Gasteiger partial charge in [0.1, 0.15) is 12.4 Å². The maximum atomic E-state index is 11.4. The summed E-state index contributed by atoms with van der Waals surface area (Å²) in [4.78, 5) is 15.3. The van der Waals surface area contributed by atoms with Gasteiger partial charge in [-0.25, -0.2) is 4.68 Å². The molecule has 0 bridgehead atoms. The van der Waals surface area contributed by atoms with Gasteiger partial charge in [-0.05, 0) is 0 Å². The number of nitrogens with zero attached hydrogens (tertiary/aromatic N) is 3. The van der Waals surface area contributed by atoms with E-state index in [2.05, 4.69) is 15.4 Å². The minimum Gasteiger partial charge on any atom is -0.370 e. The van der Waals surface area contributed by atoms with Gasteiger partial charge in [-0.1, -0.05) is 0 Å². The van der Waals surface area contributed by atoms with E-state index in [1.54, 1.807) is 7.05 Å². The highest BCUT2D eigenvalue weighted by atomic mass is 16.5. The first-order valence-electron chi connectivity index (χ1n) is 4.06. The molecule has 0 aliphatic rings. The van der Waals surface area contributed by atoms with Crippen LogP contribution in [0.5, 0.6) is 0 Å². The minimum absolute atomic E-state index is 0.125. The quantitative estimate of drug-likeness (QED) is 0.630. The van der Waals surface area contributed by atoms with Crippen molar-refractivity contribution < 1.29 is 9.53 Å². The van der Waals surface area contributed by atoms with Crippen LogP contribution in [0.1, 0.15) is 0 Å². The Balaban J connectivity index is 2.61. The van der Waals surface area contributed by atoms with Crippen molar-refractivity contribution in [2.75, 3.05) is 19.0 Å². The van der Waals surface area contributed by atoms with Crippen molar-refractivity contribution in [2.24, 2.45) is 12.8 Å². The van der Waals surface area contributed by atoms with Crippen LogP contribution in [0, 0.1) is 0 Å². The number of hydrogen-bond donors (Lipinski definition) is 2. The number of rotatable bonds is 4. The van der Waals surface area contributed by atoms with E-state index >= 15 is 0 Å². The lowest BCUT2D eigenvalue weighted by atomic mass is 10.3. The average molecular weight is 199 g/mol. The van der Waals surface area contributed by atoms with Crippen molar-refractivity contribution in [1.82, 2.24) is 14.8 Å². The van der Waals surface area contributed by atoms with Crippen LogP contribution in [-0.2, 0) is 16.6 Å². The maximum absolute atomic E-state index is 11.4. The van der Waals surface area contributed by atoms with Gasteiger partial charge in [-0.3, -0.25) is 10.1 Å². The molecule has 1 atom stereocenters. The minimum atomic E-state index is -0.660. The maximum Gasteiger partial charge on any atom is 0.257 e. The van der Waals surface area contributed by atoms with Crippen molar-refractivity contribution in [3.8, 4) is 0 Å². The van der Waals surface area contributed by atoms with E-state index in [1.165, 1.54) is 18.1 Å². The monoisotopic (exact) mass is 199 g/mol. The molecule has 0 spiro atoms. The summed E-state index contributed by atoms with van der Waals surface area (Å²) in [6, 6.07) is 0. The molecule has 1 amide bonds. The van der Waals surface area contributed by atoms with Gasteiger partial charge in [0.15, 0.2) is 0 Å². The van der Waals surface area contributed by atoms with Crippen LogP contribution in [0.4, 0.5) is 5.95 Å². The molecule has 1 heterocycles. The number of nitrogens with two attached hydrogens (primary N) is 1. The molecule has 0 aliphatic heterocycles. The third-order valence-corrected chi connectivity index (χ3v) is 1.74. The summed E-state index contributed by atoms with van der Waals surface area (Å²) in [5.41, 5.74) is 5.32. The highest BCUT2D eigenvalue weighted by Gasteiger charge is 2.17. The second-order valence-corrected chi connectivity index (χ2v) is 2.66. The van der Waals surface area contributed by atoms with Crippen LogP contribution in [0.3, 0.4) is 0 Å². The Morgan fingerprint density at radius 3 is 3.00 bits per heavy atom. The number of nitrogens with one attached hydrogen (secondary N) is 1. The Hall–Kier alpha value is -1.47. The molecule has 14 heavy (non-hydrogen) atoms. The molecule has 7 heteroatoms. The largest absolute Gasteiger partial charge is 0.370 e. The molecule has 0 aliphatic carbocycles. The van der Waals surface area contributed by atoms with Gasteiger partial charge in [0.2, 0.25) is 5.95 Å². The topological polar surface area (TPSA) is 95.1 Å². The molecule has 0 radical (unpaired) electrons. The molecular weight excluding hydrogens is 186 g/mol. The Labute approximate surface area is 81.2 Å². The number of methoxy groups -OCH3 is 1. The number of anilines is 1. The predicted octanol–water partition coefficient (Wildman–Crippen LogP) is -1.27. The smallest absolute Gasteiger partial charge is 0.257 e. The summed E-state index contributed by atoms with van der Waals surface area (Å²) in [5.74, 6) is 0.0385. The van der Waals surface area contributed by atoms with Gasteiger partial charge in [-0.15, -0.1) is 0 Å². The molecule has 3 N–H and O–H groups in total. The third kappa shape index (κ3) is 2.27. The number of aromatic nitrogens is 3. The predicted molar refractivity (Wildman–Crippen MR) is 49.5 cm³/mol. The van der Waals surface area contributed by atoms with Crippen molar-refractivity contribution >= 4 is 11.9 Å². The van der Waals surface area contributed by atoms with Crippen molar-refractivity contribution in [3.63, 3.8) is 0 Å². The standard InChI is InChI=1S/C7H13N5O2/c1-12-7(9-4-10-12)11-6(13)5(3-8)14-2/h4-5H,3,8H2,1-2H3,(H,9,10,11,13). The van der Waals surface area contributed by atoms with Crippen LogP contribution in [0.25, 0.3) is 0 Å². The molecule has 0 saturated carbocycles. The van der Waals surface area contributed by atoms with E-state index in [0.29, 0.717) is 5.95 Å². The van der Waals surface area contributed by atoms with E-state index in [0.717, 1.165) is 0 Å². The summed E-state index contributed by atoms with van der Waals surface area (Å²) < 4.78 is 6.30. The van der Waals surface area contributed by atoms with Crippen LogP contribution in [-0.4, -0.2) is 40.4 Å². The number of ether oxygens (including phenoxy) is 1. The number of amides is 1. The molecule has 7 nitrogen and oxygen atoms in total. The second kappa shape index (κ2) is 4.68. The lowest BCUT2D eigenvalue weighted by Gasteiger charge is -2.11.